The van der Waals surface area contributed by atoms with E-state index in [0.29, 0.717) is 28.4 Å². The van der Waals surface area contributed by atoms with Crippen LogP contribution < -0.4 is 19.7 Å². The Labute approximate surface area is 195 Å². The second-order valence-electron chi connectivity index (χ2n) is 7.90. The quantitative estimate of drug-likeness (QED) is 0.541. The number of nitrogens with one attached hydrogen (secondary N) is 1. The molecule has 0 bridgehead atoms. The molecule has 0 radical (unpaired) electrons. The number of methoxy groups -OCH3 is 2. The van der Waals surface area contributed by atoms with Crippen LogP contribution in [0.3, 0.4) is 0 Å². The SMILES string of the molecule is COc1ccc(-c2nnc(SC(C)C(=O)N3c4ccccc4NC(=O)C3(C)C)o2)c(OC)c1. The number of ether oxygens (including phenoxy) is 2. The first-order valence-electron chi connectivity index (χ1n) is 10.2. The van der Waals surface area contributed by atoms with Crippen molar-refractivity contribution in [1.29, 1.82) is 0 Å². The number of para-hydroxylation sites is 2. The lowest BCUT2D eigenvalue weighted by atomic mass is 9.96. The maximum absolute atomic E-state index is 13.5. The molecule has 3 aromatic rings. The minimum atomic E-state index is -1.06. The summed E-state index contributed by atoms with van der Waals surface area (Å²) in [6.45, 7) is 5.18. The zero-order valence-corrected chi connectivity index (χ0v) is 19.7. The van der Waals surface area contributed by atoms with Crippen molar-refractivity contribution in [3.05, 3.63) is 42.5 Å². The van der Waals surface area contributed by atoms with Gasteiger partial charge < -0.3 is 19.2 Å². The number of thioether (sulfide) groups is 1. The summed E-state index contributed by atoms with van der Waals surface area (Å²) in [7, 11) is 3.11. The third-order valence-corrected chi connectivity index (χ3v) is 6.32. The number of rotatable bonds is 6. The van der Waals surface area contributed by atoms with Gasteiger partial charge in [0.1, 0.15) is 17.0 Å². The van der Waals surface area contributed by atoms with Crippen molar-refractivity contribution in [2.24, 2.45) is 0 Å². The first-order chi connectivity index (χ1) is 15.8. The Morgan fingerprint density at radius 2 is 1.91 bits per heavy atom. The van der Waals surface area contributed by atoms with Crippen LogP contribution in [0.15, 0.2) is 52.1 Å². The molecule has 2 heterocycles. The highest BCUT2D eigenvalue weighted by atomic mass is 32.2. The Morgan fingerprint density at radius 3 is 2.64 bits per heavy atom. The molecule has 0 spiro atoms. The summed E-state index contributed by atoms with van der Waals surface area (Å²) in [5.41, 5.74) is 0.795. The lowest BCUT2D eigenvalue weighted by molar-refractivity contribution is -0.126. The van der Waals surface area contributed by atoms with Crippen molar-refractivity contribution < 1.29 is 23.5 Å². The number of anilines is 2. The lowest BCUT2D eigenvalue weighted by Crippen LogP contribution is -2.60. The van der Waals surface area contributed by atoms with Gasteiger partial charge in [0, 0.05) is 6.07 Å². The molecule has 2 amide bonds. The van der Waals surface area contributed by atoms with Crippen molar-refractivity contribution in [3.8, 4) is 23.0 Å². The van der Waals surface area contributed by atoms with Crippen molar-refractivity contribution >= 4 is 35.0 Å². The predicted octanol–water partition coefficient (Wildman–Crippen LogP) is 4.00. The Hall–Kier alpha value is -3.53. The molecule has 0 fully saturated rings. The molecule has 10 heteroatoms. The van der Waals surface area contributed by atoms with Crippen molar-refractivity contribution in [2.45, 2.75) is 36.8 Å². The fourth-order valence-electron chi connectivity index (χ4n) is 3.57. The van der Waals surface area contributed by atoms with E-state index < -0.39 is 10.8 Å². The maximum atomic E-state index is 13.5. The predicted molar refractivity (Wildman–Crippen MR) is 125 cm³/mol. The van der Waals surface area contributed by atoms with Gasteiger partial charge in [-0.15, -0.1) is 10.2 Å². The van der Waals surface area contributed by atoms with Crippen molar-refractivity contribution in [3.63, 3.8) is 0 Å². The highest BCUT2D eigenvalue weighted by Gasteiger charge is 2.45. The molecule has 1 aliphatic heterocycles. The minimum Gasteiger partial charge on any atom is -0.497 e. The summed E-state index contributed by atoms with van der Waals surface area (Å²) >= 11 is 1.13. The monoisotopic (exact) mass is 468 g/mol. The van der Waals surface area contributed by atoms with Gasteiger partial charge in [-0.1, -0.05) is 23.9 Å². The van der Waals surface area contributed by atoms with Gasteiger partial charge in [0.15, 0.2) is 0 Å². The van der Waals surface area contributed by atoms with E-state index in [9.17, 15) is 9.59 Å². The first-order valence-corrected chi connectivity index (χ1v) is 11.1. The van der Waals surface area contributed by atoms with Gasteiger partial charge in [-0.3, -0.25) is 14.5 Å². The molecule has 1 atom stereocenters. The van der Waals surface area contributed by atoms with Crippen molar-refractivity contribution in [2.75, 3.05) is 24.4 Å². The molecule has 1 unspecified atom stereocenters. The molecule has 0 aliphatic carbocycles. The molecule has 1 N–H and O–H groups in total. The van der Waals surface area contributed by atoms with Gasteiger partial charge in [0.2, 0.25) is 11.8 Å². The fraction of sp³-hybridized carbons (Fsp3) is 0.304. The normalized spacial score (nSPS) is 15.4. The summed E-state index contributed by atoms with van der Waals surface area (Å²) < 4.78 is 16.4. The summed E-state index contributed by atoms with van der Waals surface area (Å²) in [6.07, 6.45) is 0. The van der Waals surface area contributed by atoms with E-state index in [1.165, 1.54) is 4.90 Å². The van der Waals surface area contributed by atoms with Gasteiger partial charge in [-0.05, 0) is 45.0 Å². The first kappa shape index (κ1) is 22.7. The summed E-state index contributed by atoms with van der Waals surface area (Å²) in [5, 5.41) is 10.7. The van der Waals surface area contributed by atoms with E-state index in [2.05, 4.69) is 15.5 Å². The molecule has 1 aliphatic rings. The van der Waals surface area contributed by atoms with E-state index in [1.807, 2.05) is 18.2 Å². The average molecular weight is 469 g/mol. The Bertz CT molecular complexity index is 1210. The van der Waals surface area contributed by atoms with Crippen LogP contribution in [0, 0.1) is 0 Å². The van der Waals surface area contributed by atoms with Crippen LogP contribution in [0.25, 0.3) is 11.5 Å². The number of benzene rings is 2. The van der Waals surface area contributed by atoms with E-state index >= 15 is 0 Å². The minimum absolute atomic E-state index is 0.233. The highest BCUT2D eigenvalue weighted by Crippen LogP contribution is 2.39. The second kappa shape index (κ2) is 8.78. The molecule has 172 valence electrons. The van der Waals surface area contributed by atoms with Gasteiger partial charge >= 0.3 is 0 Å². The second-order valence-corrected chi connectivity index (χ2v) is 9.20. The number of aromatic nitrogens is 2. The molecule has 1 aromatic heterocycles. The molecule has 9 nitrogen and oxygen atoms in total. The molecule has 4 rings (SSSR count). The third-order valence-electron chi connectivity index (χ3n) is 5.40. The van der Waals surface area contributed by atoms with Gasteiger partial charge in [0.25, 0.3) is 11.1 Å². The van der Waals surface area contributed by atoms with Crippen LogP contribution in [0.2, 0.25) is 0 Å². The number of amides is 2. The molecule has 2 aromatic carbocycles. The largest absolute Gasteiger partial charge is 0.497 e. The van der Waals surface area contributed by atoms with E-state index in [-0.39, 0.29) is 22.9 Å². The summed E-state index contributed by atoms with van der Waals surface area (Å²) in [6, 6.07) is 12.5. The van der Waals surface area contributed by atoms with Gasteiger partial charge in [-0.25, -0.2) is 0 Å². The Kier molecular flexibility index (Phi) is 6.03. The summed E-state index contributed by atoms with van der Waals surface area (Å²) in [5.74, 6) is 0.931. The molecule has 0 saturated heterocycles. The topological polar surface area (TPSA) is 107 Å². The summed E-state index contributed by atoms with van der Waals surface area (Å²) in [4.78, 5) is 27.7. The standard InChI is InChI=1S/C23H24N4O5S/c1-13(20(28)27-17-9-7-6-8-16(17)24-21(29)23(27,2)3)33-22-26-25-19(32-22)15-11-10-14(30-4)12-18(15)31-5/h6-13H,1-5H3,(H,24,29). The van der Waals surface area contributed by atoms with Gasteiger partial charge in [-0.2, -0.15) is 0 Å². The van der Waals surface area contributed by atoms with Crippen LogP contribution in [0.5, 0.6) is 11.5 Å². The van der Waals surface area contributed by atoms with E-state index in [4.69, 9.17) is 13.9 Å². The number of carbonyl (C=O) groups excluding carboxylic acids is 2. The third kappa shape index (κ3) is 4.13. The fourth-order valence-corrected chi connectivity index (χ4v) is 4.30. The lowest BCUT2D eigenvalue weighted by Gasteiger charge is -2.42. The Morgan fingerprint density at radius 1 is 1.15 bits per heavy atom. The Balaban J connectivity index is 1.57. The van der Waals surface area contributed by atoms with Crippen LogP contribution in [0.1, 0.15) is 20.8 Å². The molecular weight excluding hydrogens is 444 g/mol. The van der Waals surface area contributed by atoms with Gasteiger partial charge in [0.05, 0.1) is 36.4 Å². The number of nitrogens with zero attached hydrogens (tertiary/aromatic N) is 3. The molecule has 0 saturated carbocycles. The number of fused-ring (bicyclic) bond motifs is 1. The van der Waals surface area contributed by atoms with Crippen molar-refractivity contribution in [1.82, 2.24) is 10.2 Å². The van der Waals surface area contributed by atoms with Crippen LogP contribution in [-0.4, -0.2) is 47.0 Å². The number of hydrogen-bond donors (Lipinski definition) is 1. The highest BCUT2D eigenvalue weighted by molar-refractivity contribution is 8.00. The zero-order valence-electron chi connectivity index (χ0n) is 18.9. The number of carbonyl (C=O) groups is 2. The van der Waals surface area contributed by atoms with E-state index in [1.54, 1.807) is 59.3 Å². The maximum Gasteiger partial charge on any atom is 0.277 e. The molecular formula is C23H24N4O5S. The van der Waals surface area contributed by atoms with Crippen LogP contribution in [0.4, 0.5) is 11.4 Å². The van der Waals surface area contributed by atoms with Crippen LogP contribution in [-0.2, 0) is 9.59 Å². The zero-order chi connectivity index (χ0) is 23.8. The number of hydrogen-bond acceptors (Lipinski definition) is 8. The van der Waals surface area contributed by atoms with E-state index in [0.717, 1.165) is 11.8 Å². The van der Waals surface area contributed by atoms with Crippen LogP contribution >= 0.6 is 11.8 Å². The molecule has 33 heavy (non-hydrogen) atoms. The smallest absolute Gasteiger partial charge is 0.277 e. The average Bonchev–Trinajstić information content (AvgIpc) is 3.27.